The van der Waals surface area contributed by atoms with Crippen molar-refractivity contribution in [3.8, 4) is 0 Å². The SMILES string of the molecule is CN(C)C(=O)c1ccnc(CCS(=O)(=O)O)c1. The summed E-state index contributed by atoms with van der Waals surface area (Å²) < 4.78 is 29.8. The van der Waals surface area contributed by atoms with Gasteiger partial charge in [-0.05, 0) is 12.1 Å². The Kier molecular flexibility index (Phi) is 4.19. The van der Waals surface area contributed by atoms with Gasteiger partial charge in [0, 0.05) is 38.0 Å². The molecule has 0 bridgehead atoms. The van der Waals surface area contributed by atoms with Crippen LogP contribution in [0.3, 0.4) is 0 Å². The standard InChI is InChI=1S/C10H14N2O4S/c1-12(2)10(13)8-3-5-11-9(7-8)4-6-17(14,15)16/h3,5,7H,4,6H2,1-2H3,(H,14,15,16). The van der Waals surface area contributed by atoms with Crippen LogP contribution in [0.1, 0.15) is 16.1 Å². The smallest absolute Gasteiger partial charge is 0.265 e. The molecule has 1 aromatic heterocycles. The van der Waals surface area contributed by atoms with Crippen LogP contribution < -0.4 is 0 Å². The van der Waals surface area contributed by atoms with Crippen molar-refractivity contribution in [2.75, 3.05) is 19.8 Å². The second-order valence-corrected chi connectivity index (χ2v) is 5.34. The van der Waals surface area contributed by atoms with E-state index in [2.05, 4.69) is 4.98 Å². The summed E-state index contributed by atoms with van der Waals surface area (Å²) in [5.74, 6) is -0.583. The Morgan fingerprint density at radius 2 is 2.12 bits per heavy atom. The summed E-state index contributed by atoms with van der Waals surface area (Å²) in [5.41, 5.74) is 0.894. The van der Waals surface area contributed by atoms with Crippen LogP contribution in [-0.4, -0.2) is 48.6 Å². The van der Waals surface area contributed by atoms with Crippen molar-refractivity contribution in [1.29, 1.82) is 0 Å². The molecule has 1 heterocycles. The van der Waals surface area contributed by atoms with Gasteiger partial charge in [0.2, 0.25) is 0 Å². The Balaban J connectivity index is 2.83. The van der Waals surface area contributed by atoms with Gasteiger partial charge in [0.1, 0.15) is 0 Å². The van der Waals surface area contributed by atoms with Gasteiger partial charge in [0.25, 0.3) is 16.0 Å². The maximum Gasteiger partial charge on any atom is 0.265 e. The predicted molar refractivity (Wildman–Crippen MR) is 62.4 cm³/mol. The lowest BCUT2D eigenvalue weighted by atomic mass is 10.2. The third-order valence-electron chi connectivity index (χ3n) is 2.09. The van der Waals surface area contributed by atoms with Crippen molar-refractivity contribution in [1.82, 2.24) is 9.88 Å². The van der Waals surface area contributed by atoms with E-state index in [9.17, 15) is 13.2 Å². The fraction of sp³-hybridized carbons (Fsp3) is 0.400. The molecule has 0 aliphatic rings. The molecule has 0 unspecified atom stereocenters. The highest BCUT2D eigenvalue weighted by molar-refractivity contribution is 7.85. The Hall–Kier alpha value is -1.47. The summed E-state index contributed by atoms with van der Waals surface area (Å²) in [4.78, 5) is 17.0. The molecule has 1 N–H and O–H groups in total. The maximum absolute atomic E-state index is 11.6. The lowest BCUT2D eigenvalue weighted by Gasteiger charge is -2.10. The Morgan fingerprint density at radius 1 is 1.47 bits per heavy atom. The van der Waals surface area contributed by atoms with Crippen molar-refractivity contribution < 1.29 is 17.8 Å². The molecule has 1 aromatic rings. The van der Waals surface area contributed by atoms with Crippen LogP contribution in [0.5, 0.6) is 0 Å². The number of carbonyl (C=O) groups excluding carboxylic acids is 1. The number of hydrogen-bond acceptors (Lipinski definition) is 4. The first-order chi connectivity index (χ1) is 7.79. The Labute approximate surface area is 100 Å². The number of carbonyl (C=O) groups is 1. The summed E-state index contributed by atoms with van der Waals surface area (Å²) in [7, 11) is -0.756. The molecule has 0 aromatic carbocycles. The third kappa shape index (κ3) is 4.49. The van der Waals surface area contributed by atoms with E-state index in [1.54, 1.807) is 20.2 Å². The normalized spacial score (nSPS) is 11.2. The number of aromatic nitrogens is 1. The summed E-state index contributed by atoms with van der Waals surface area (Å²) in [6.07, 6.45) is 1.52. The van der Waals surface area contributed by atoms with Gasteiger partial charge in [-0.1, -0.05) is 0 Å². The molecule has 6 nitrogen and oxygen atoms in total. The Morgan fingerprint density at radius 3 is 2.65 bits per heavy atom. The molecule has 0 fully saturated rings. The largest absolute Gasteiger partial charge is 0.345 e. The molecule has 17 heavy (non-hydrogen) atoms. The van der Waals surface area contributed by atoms with Crippen molar-refractivity contribution >= 4 is 16.0 Å². The fourth-order valence-electron chi connectivity index (χ4n) is 1.24. The van der Waals surface area contributed by atoms with Crippen LogP contribution in [0.4, 0.5) is 0 Å². The molecule has 0 atom stereocenters. The van der Waals surface area contributed by atoms with E-state index in [4.69, 9.17) is 4.55 Å². The molecule has 1 rings (SSSR count). The van der Waals surface area contributed by atoms with Crippen LogP contribution in [0.15, 0.2) is 18.3 Å². The average Bonchev–Trinajstić information content (AvgIpc) is 2.24. The molecule has 0 aliphatic heterocycles. The van der Waals surface area contributed by atoms with E-state index in [1.165, 1.54) is 17.2 Å². The number of hydrogen-bond donors (Lipinski definition) is 1. The zero-order chi connectivity index (χ0) is 13.1. The van der Waals surface area contributed by atoms with Crippen molar-refractivity contribution in [2.24, 2.45) is 0 Å². The van der Waals surface area contributed by atoms with Crippen molar-refractivity contribution in [2.45, 2.75) is 6.42 Å². The van der Waals surface area contributed by atoms with Crippen LogP contribution in [-0.2, 0) is 16.5 Å². The second-order valence-electron chi connectivity index (χ2n) is 3.77. The molecule has 0 spiro atoms. The monoisotopic (exact) mass is 258 g/mol. The highest BCUT2D eigenvalue weighted by Crippen LogP contribution is 2.05. The van der Waals surface area contributed by atoms with E-state index in [-0.39, 0.29) is 12.3 Å². The molecular weight excluding hydrogens is 244 g/mol. The van der Waals surface area contributed by atoms with Crippen LogP contribution in [0.2, 0.25) is 0 Å². The van der Waals surface area contributed by atoms with E-state index in [1.807, 2.05) is 0 Å². The van der Waals surface area contributed by atoms with Gasteiger partial charge in [-0.15, -0.1) is 0 Å². The van der Waals surface area contributed by atoms with Gasteiger partial charge in [-0.3, -0.25) is 14.3 Å². The number of aryl methyl sites for hydroxylation is 1. The summed E-state index contributed by atoms with van der Waals surface area (Å²) >= 11 is 0. The molecule has 0 radical (unpaired) electrons. The first-order valence-electron chi connectivity index (χ1n) is 4.91. The minimum atomic E-state index is -4.01. The van der Waals surface area contributed by atoms with Gasteiger partial charge in [-0.2, -0.15) is 8.42 Å². The van der Waals surface area contributed by atoms with Gasteiger partial charge >= 0.3 is 0 Å². The van der Waals surface area contributed by atoms with Gasteiger partial charge in [-0.25, -0.2) is 0 Å². The van der Waals surface area contributed by atoms with Crippen molar-refractivity contribution in [3.63, 3.8) is 0 Å². The van der Waals surface area contributed by atoms with Gasteiger partial charge < -0.3 is 4.90 Å². The molecular formula is C10H14N2O4S. The number of amides is 1. The third-order valence-corrected chi connectivity index (χ3v) is 2.81. The molecule has 0 aliphatic carbocycles. The molecule has 7 heteroatoms. The van der Waals surface area contributed by atoms with Crippen LogP contribution >= 0.6 is 0 Å². The fourth-order valence-corrected chi connectivity index (χ4v) is 1.71. The average molecular weight is 258 g/mol. The first kappa shape index (κ1) is 13.6. The summed E-state index contributed by atoms with van der Waals surface area (Å²) in [6.45, 7) is 0. The lowest BCUT2D eigenvalue weighted by molar-refractivity contribution is 0.0827. The summed E-state index contributed by atoms with van der Waals surface area (Å²) in [5, 5.41) is 0. The maximum atomic E-state index is 11.6. The zero-order valence-corrected chi connectivity index (χ0v) is 10.4. The van der Waals surface area contributed by atoms with Gasteiger partial charge in [0.05, 0.1) is 5.75 Å². The highest BCUT2D eigenvalue weighted by atomic mass is 32.2. The quantitative estimate of drug-likeness (QED) is 0.780. The highest BCUT2D eigenvalue weighted by Gasteiger charge is 2.10. The predicted octanol–water partition coefficient (Wildman–Crippen LogP) is 0.214. The summed E-state index contributed by atoms with van der Waals surface area (Å²) in [6, 6.07) is 3.08. The second kappa shape index (κ2) is 5.24. The minimum Gasteiger partial charge on any atom is -0.345 e. The van der Waals surface area contributed by atoms with Crippen molar-refractivity contribution in [3.05, 3.63) is 29.6 Å². The topological polar surface area (TPSA) is 87.6 Å². The van der Waals surface area contributed by atoms with E-state index in [0.29, 0.717) is 11.3 Å². The lowest BCUT2D eigenvalue weighted by Crippen LogP contribution is -2.22. The molecule has 0 saturated carbocycles. The molecule has 1 amide bonds. The van der Waals surface area contributed by atoms with E-state index in [0.717, 1.165) is 0 Å². The Bertz CT molecular complexity index is 511. The minimum absolute atomic E-state index is 0.0768. The van der Waals surface area contributed by atoms with Crippen LogP contribution in [0, 0.1) is 0 Å². The van der Waals surface area contributed by atoms with Gasteiger partial charge in [0.15, 0.2) is 0 Å². The zero-order valence-electron chi connectivity index (χ0n) is 9.62. The van der Waals surface area contributed by atoms with E-state index >= 15 is 0 Å². The van der Waals surface area contributed by atoms with Crippen LogP contribution in [0.25, 0.3) is 0 Å². The number of nitrogens with zero attached hydrogens (tertiary/aromatic N) is 2. The first-order valence-corrected chi connectivity index (χ1v) is 6.52. The molecule has 94 valence electrons. The number of pyridine rings is 1. The molecule has 0 saturated heterocycles. The van der Waals surface area contributed by atoms with E-state index < -0.39 is 15.9 Å². The number of rotatable bonds is 4.